The van der Waals surface area contributed by atoms with Crippen LogP contribution in [0.4, 0.5) is 5.69 Å². The Balaban J connectivity index is 1.46. The molecule has 0 radical (unpaired) electrons. The number of ketones is 1. The first kappa shape index (κ1) is 23.9. The maximum atomic E-state index is 13.5. The van der Waals surface area contributed by atoms with Gasteiger partial charge in [0.2, 0.25) is 0 Å². The topological polar surface area (TPSA) is 75.0 Å². The molecule has 1 amide bonds. The van der Waals surface area contributed by atoms with Gasteiger partial charge in [0.05, 0.1) is 15.9 Å². The van der Waals surface area contributed by atoms with E-state index in [2.05, 4.69) is 21.2 Å². The van der Waals surface area contributed by atoms with Crippen LogP contribution in [0, 0.1) is 12.3 Å². The Labute approximate surface area is 220 Å². The summed E-state index contributed by atoms with van der Waals surface area (Å²) in [7, 11) is 0. The van der Waals surface area contributed by atoms with Crippen molar-refractivity contribution in [3.63, 3.8) is 0 Å². The van der Waals surface area contributed by atoms with Gasteiger partial charge in [-0.3, -0.25) is 15.0 Å². The lowest BCUT2D eigenvalue weighted by molar-refractivity contribution is -0.113. The van der Waals surface area contributed by atoms with Gasteiger partial charge in [-0.1, -0.05) is 58.0 Å². The Morgan fingerprint density at radius 3 is 2.57 bits per heavy atom. The number of aromatic nitrogens is 1. The van der Waals surface area contributed by atoms with Gasteiger partial charge in [-0.2, -0.15) is 0 Å². The number of hydrogen-bond acceptors (Lipinski definition) is 5. The number of carbonyl (C=O) groups excluding carboxylic acids is 2. The Morgan fingerprint density at radius 2 is 1.83 bits per heavy atom. The molecule has 8 heteroatoms. The number of benzene rings is 2. The molecule has 1 aromatic heterocycles. The zero-order valence-corrected chi connectivity index (χ0v) is 22.3. The van der Waals surface area contributed by atoms with Crippen LogP contribution in [0.5, 0.6) is 0 Å². The molecule has 2 aromatic carbocycles. The van der Waals surface area contributed by atoms with Crippen molar-refractivity contribution in [1.82, 2.24) is 4.57 Å². The first-order chi connectivity index (χ1) is 16.8. The van der Waals surface area contributed by atoms with Crippen LogP contribution < -0.4 is 5.32 Å². The summed E-state index contributed by atoms with van der Waals surface area (Å²) in [4.78, 5) is 27.3. The van der Waals surface area contributed by atoms with Crippen molar-refractivity contribution < 1.29 is 9.59 Å². The number of para-hydroxylation sites is 1. The number of carbonyl (C=O) groups is 2. The van der Waals surface area contributed by atoms with E-state index in [0.29, 0.717) is 17.0 Å². The largest absolute Gasteiger partial charge is 0.322 e. The molecule has 176 valence electrons. The van der Waals surface area contributed by atoms with Crippen LogP contribution in [0.2, 0.25) is 0 Å². The van der Waals surface area contributed by atoms with Crippen molar-refractivity contribution in [2.45, 2.75) is 19.8 Å². The molecule has 1 unspecified atom stereocenters. The van der Waals surface area contributed by atoms with E-state index in [1.165, 1.54) is 23.5 Å². The number of allylic oxidation sites excluding steroid dienone is 2. The molecule has 2 aliphatic rings. The summed E-state index contributed by atoms with van der Waals surface area (Å²) in [6.07, 6.45) is 1.86. The van der Waals surface area contributed by atoms with Gasteiger partial charge < -0.3 is 9.88 Å². The van der Waals surface area contributed by atoms with E-state index in [1.54, 1.807) is 0 Å². The number of anilines is 1. The van der Waals surface area contributed by atoms with Crippen molar-refractivity contribution in [3.8, 4) is 0 Å². The second-order valence-corrected chi connectivity index (χ2v) is 11.7. The summed E-state index contributed by atoms with van der Waals surface area (Å²) in [6.45, 7) is 3.91. The minimum Gasteiger partial charge on any atom is -0.322 e. The third-order valence-electron chi connectivity index (χ3n) is 6.13. The van der Waals surface area contributed by atoms with Gasteiger partial charge in [0.15, 0.2) is 5.78 Å². The zero-order valence-electron chi connectivity index (χ0n) is 19.1. The zero-order chi connectivity index (χ0) is 24.7. The smallest absolute Gasteiger partial charge is 0.253 e. The molecule has 0 aliphatic carbocycles. The van der Waals surface area contributed by atoms with Crippen molar-refractivity contribution in [2.75, 3.05) is 11.1 Å². The second-order valence-electron chi connectivity index (χ2n) is 8.35. The molecule has 5 nitrogen and oxygen atoms in total. The number of halogens is 1. The summed E-state index contributed by atoms with van der Waals surface area (Å²) in [6, 6.07) is 18.9. The highest BCUT2D eigenvalue weighted by molar-refractivity contribution is 9.10. The number of aryl methyl sites for hydroxylation is 1. The molecular weight excluding hydrogens is 542 g/mol. The fraction of sp³-hybridized carbons (Fsp3) is 0.148. The number of hydrogen-bond donors (Lipinski definition) is 2. The van der Waals surface area contributed by atoms with Crippen LogP contribution in [0.3, 0.4) is 0 Å². The Kier molecular flexibility index (Phi) is 6.61. The van der Waals surface area contributed by atoms with Crippen LogP contribution in [-0.4, -0.2) is 27.8 Å². The van der Waals surface area contributed by atoms with E-state index >= 15 is 0 Å². The van der Waals surface area contributed by atoms with E-state index in [9.17, 15) is 9.59 Å². The molecule has 5 rings (SSSR count). The summed E-state index contributed by atoms with van der Waals surface area (Å²) in [5.74, 6) is 0.147. The number of fused-ring (bicyclic) bond motifs is 3. The summed E-state index contributed by atoms with van der Waals surface area (Å²) < 4.78 is 3.66. The van der Waals surface area contributed by atoms with Crippen LogP contribution in [0.15, 0.2) is 91.6 Å². The van der Waals surface area contributed by atoms with Crippen molar-refractivity contribution in [3.05, 3.63) is 108 Å². The highest BCUT2D eigenvalue weighted by atomic mass is 79.9. The lowest BCUT2D eigenvalue weighted by atomic mass is 9.89. The molecule has 0 spiro atoms. The minimum atomic E-state index is -0.340. The predicted octanol–water partition coefficient (Wildman–Crippen LogP) is 6.97. The Bertz CT molecular complexity index is 1440. The van der Waals surface area contributed by atoms with Gasteiger partial charge >= 0.3 is 0 Å². The van der Waals surface area contributed by atoms with Crippen molar-refractivity contribution in [2.24, 2.45) is 0 Å². The monoisotopic (exact) mass is 563 g/mol. The maximum Gasteiger partial charge on any atom is 0.253 e. The van der Waals surface area contributed by atoms with Gasteiger partial charge in [-0.25, -0.2) is 0 Å². The summed E-state index contributed by atoms with van der Waals surface area (Å²) >= 11 is 6.32. The van der Waals surface area contributed by atoms with Gasteiger partial charge in [-0.05, 0) is 54.6 Å². The van der Waals surface area contributed by atoms with Gasteiger partial charge in [0.1, 0.15) is 5.84 Å². The first-order valence-electron chi connectivity index (χ1n) is 11.0. The Morgan fingerprint density at radius 1 is 1.09 bits per heavy atom. The highest BCUT2D eigenvalue weighted by Gasteiger charge is 2.43. The Hall–Kier alpha value is -2.81. The van der Waals surface area contributed by atoms with Crippen LogP contribution in [-0.2, 0) is 4.79 Å². The van der Waals surface area contributed by atoms with Gasteiger partial charge in [-0.15, -0.1) is 11.8 Å². The van der Waals surface area contributed by atoms with Crippen LogP contribution in [0.1, 0.15) is 34.5 Å². The molecule has 0 bridgehead atoms. The molecule has 0 saturated carbocycles. The third kappa shape index (κ3) is 4.46. The number of rotatable bonds is 6. The highest BCUT2D eigenvalue weighted by Crippen LogP contribution is 2.53. The van der Waals surface area contributed by atoms with E-state index < -0.39 is 0 Å². The number of nitrogens with zero attached hydrogens (tertiary/aromatic N) is 1. The molecule has 0 saturated heterocycles. The normalized spacial score (nSPS) is 16.9. The van der Waals surface area contributed by atoms with E-state index in [0.717, 1.165) is 36.1 Å². The van der Waals surface area contributed by atoms with E-state index in [1.807, 2.05) is 85.3 Å². The average Bonchev–Trinajstić information content (AvgIpc) is 3.42. The van der Waals surface area contributed by atoms with Gasteiger partial charge in [0.25, 0.3) is 5.91 Å². The maximum absolute atomic E-state index is 13.5. The second kappa shape index (κ2) is 9.68. The SMILES string of the molecule is CC1=C(C(=O)Nc2ccccc2C)C2C(=C(SCC(=O)c3ccc(Br)cc3)S1)C(=N)n1cccc12. The predicted molar refractivity (Wildman–Crippen MR) is 148 cm³/mol. The molecule has 3 heterocycles. The van der Waals surface area contributed by atoms with Crippen LogP contribution >= 0.6 is 39.5 Å². The van der Waals surface area contributed by atoms with Crippen LogP contribution in [0.25, 0.3) is 0 Å². The number of thioether (sulfide) groups is 2. The molecule has 2 aliphatic heterocycles. The fourth-order valence-electron chi connectivity index (χ4n) is 4.36. The number of nitrogens with one attached hydrogen (secondary N) is 2. The first-order valence-corrected chi connectivity index (χ1v) is 13.6. The quantitative estimate of drug-likeness (QED) is 0.317. The molecule has 2 N–H and O–H groups in total. The molecule has 35 heavy (non-hydrogen) atoms. The fourth-order valence-corrected chi connectivity index (χ4v) is 7.13. The molecular formula is C27H22BrN3O2S2. The lowest BCUT2D eigenvalue weighted by Crippen LogP contribution is -2.23. The van der Waals surface area contributed by atoms with E-state index in [4.69, 9.17) is 5.41 Å². The molecule has 1 atom stereocenters. The van der Waals surface area contributed by atoms with E-state index in [-0.39, 0.29) is 23.4 Å². The van der Waals surface area contributed by atoms with Crippen molar-refractivity contribution >= 4 is 62.7 Å². The summed E-state index contributed by atoms with van der Waals surface area (Å²) in [5.41, 5.74) is 4.76. The lowest BCUT2D eigenvalue weighted by Gasteiger charge is -2.26. The summed E-state index contributed by atoms with van der Waals surface area (Å²) in [5, 5.41) is 11.9. The third-order valence-corrected chi connectivity index (χ3v) is 9.09. The number of Topliss-reactive ketones (excluding diaryl/α,β-unsaturated/α-hetero) is 1. The molecule has 0 fully saturated rings. The minimum absolute atomic E-state index is 0.0293. The van der Waals surface area contributed by atoms with Gasteiger partial charge in [0, 0.05) is 38.8 Å². The van der Waals surface area contributed by atoms with Crippen molar-refractivity contribution in [1.29, 1.82) is 5.41 Å². The number of amides is 1. The molecule has 3 aromatic rings. The average molecular weight is 565 g/mol. The standard InChI is InChI=1S/C27H22BrN3O2S2/c1-15-6-3-4-7-19(15)30-26(33)22-16(2)35-27(24-23(22)20-8-5-13-31(20)25(24)29)34-14-21(32)17-9-11-18(28)12-10-17/h3-13,23,29H,14H2,1-2H3,(H,30,33).